The summed E-state index contributed by atoms with van der Waals surface area (Å²) < 4.78 is 39.8. The van der Waals surface area contributed by atoms with Crippen molar-refractivity contribution >= 4 is 0 Å². The summed E-state index contributed by atoms with van der Waals surface area (Å²) in [5, 5.41) is 0. The van der Waals surface area contributed by atoms with Gasteiger partial charge in [0.05, 0.1) is 5.60 Å². The van der Waals surface area contributed by atoms with E-state index < -0.39 is 12.8 Å². The van der Waals surface area contributed by atoms with Crippen LogP contribution in [0.15, 0.2) is 0 Å². The number of hydrogen-bond acceptors (Lipinski definition) is 3. The molecule has 0 spiro atoms. The fourth-order valence-electron chi connectivity index (χ4n) is 0.659. The zero-order chi connectivity index (χ0) is 11.2. The molecule has 14 heavy (non-hydrogen) atoms. The van der Waals surface area contributed by atoms with Crippen LogP contribution in [0.25, 0.3) is 0 Å². The highest BCUT2D eigenvalue weighted by Crippen LogP contribution is 2.14. The third-order valence-corrected chi connectivity index (χ3v) is 1.72. The zero-order valence-corrected chi connectivity index (χ0v) is 8.57. The Kier molecular flexibility index (Phi) is 5.40. The number of rotatable bonds is 6. The monoisotopic (exact) mass is 215 g/mol. The lowest BCUT2D eigenvalue weighted by molar-refractivity contribution is -0.190. The Morgan fingerprint density at radius 3 is 2.21 bits per heavy atom. The number of nitrogens with one attached hydrogen (secondary N) is 1. The average Bonchev–Trinajstić information content (AvgIpc) is 2.01. The first-order valence-corrected chi connectivity index (χ1v) is 4.23. The molecule has 0 aliphatic heterocycles. The molecule has 0 atom stereocenters. The van der Waals surface area contributed by atoms with Crippen LogP contribution in [-0.2, 0) is 9.57 Å². The molecule has 0 aliphatic carbocycles. The molecule has 6 heteroatoms. The second-order valence-corrected chi connectivity index (χ2v) is 3.51. The van der Waals surface area contributed by atoms with E-state index in [1.807, 2.05) is 13.8 Å². The lowest BCUT2D eigenvalue weighted by Gasteiger charge is -2.22. The van der Waals surface area contributed by atoms with Crippen molar-refractivity contribution in [1.29, 1.82) is 0 Å². The van der Waals surface area contributed by atoms with Crippen LogP contribution in [0.5, 0.6) is 0 Å². The summed E-state index contributed by atoms with van der Waals surface area (Å²) in [5.74, 6) is 0. The van der Waals surface area contributed by atoms with Crippen LogP contribution in [0.4, 0.5) is 13.2 Å². The number of methoxy groups -OCH3 is 1. The molecule has 0 saturated heterocycles. The highest BCUT2D eigenvalue weighted by atomic mass is 19.4. The number of halogens is 3. The van der Waals surface area contributed by atoms with Crippen molar-refractivity contribution < 1.29 is 22.7 Å². The van der Waals surface area contributed by atoms with Crippen LogP contribution in [0.1, 0.15) is 20.3 Å². The highest BCUT2D eigenvalue weighted by molar-refractivity contribution is 4.67. The van der Waals surface area contributed by atoms with Gasteiger partial charge in [-0.2, -0.15) is 13.2 Å². The summed E-state index contributed by atoms with van der Waals surface area (Å²) in [6.07, 6.45) is -3.72. The smallest absolute Gasteiger partial charge is 0.379 e. The third-order valence-electron chi connectivity index (χ3n) is 1.72. The van der Waals surface area contributed by atoms with Gasteiger partial charge in [-0.05, 0) is 20.3 Å². The van der Waals surface area contributed by atoms with Crippen molar-refractivity contribution in [3.63, 3.8) is 0 Å². The fourth-order valence-corrected chi connectivity index (χ4v) is 0.659. The summed E-state index contributed by atoms with van der Waals surface area (Å²) in [6, 6.07) is 0. The van der Waals surface area contributed by atoms with Crippen LogP contribution >= 0.6 is 0 Å². The maximum atomic E-state index is 11.6. The minimum atomic E-state index is -4.29. The topological polar surface area (TPSA) is 30.5 Å². The van der Waals surface area contributed by atoms with E-state index in [2.05, 4.69) is 10.3 Å². The van der Waals surface area contributed by atoms with Gasteiger partial charge in [0.25, 0.3) is 0 Å². The van der Waals surface area contributed by atoms with E-state index in [4.69, 9.17) is 4.74 Å². The SMILES string of the molecule is COC(C)(C)CCNOCC(F)(F)F. The molecule has 86 valence electrons. The van der Waals surface area contributed by atoms with E-state index in [0.29, 0.717) is 13.0 Å². The Morgan fingerprint density at radius 1 is 1.21 bits per heavy atom. The molecule has 0 fully saturated rings. The Morgan fingerprint density at radius 2 is 1.79 bits per heavy atom. The first-order chi connectivity index (χ1) is 6.27. The molecule has 0 aromatic carbocycles. The van der Waals surface area contributed by atoms with Gasteiger partial charge in [-0.15, -0.1) is 0 Å². The molecule has 1 N–H and O–H groups in total. The fraction of sp³-hybridized carbons (Fsp3) is 1.00. The minimum Gasteiger partial charge on any atom is -0.379 e. The van der Waals surface area contributed by atoms with Gasteiger partial charge in [-0.25, -0.2) is 5.48 Å². The molecule has 0 heterocycles. The quantitative estimate of drug-likeness (QED) is 0.542. The van der Waals surface area contributed by atoms with Gasteiger partial charge in [-0.1, -0.05) is 0 Å². The number of hydrogen-bond donors (Lipinski definition) is 1. The molecule has 0 bridgehead atoms. The van der Waals surface area contributed by atoms with E-state index >= 15 is 0 Å². The lowest BCUT2D eigenvalue weighted by atomic mass is 10.1. The Labute approximate surface area is 81.5 Å². The van der Waals surface area contributed by atoms with E-state index in [1.54, 1.807) is 7.11 Å². The molecule has 3 nitrogen and oxygen atoms in total. The molecular weight excluding hydrogens is 199 g/mol. The molecule has 0 aromatic rings. The van der Waals surface area contributed by atoms with Crippen molar-refractivity contribution in [3.8, 4) is 0 Å². The summed E-state index contributed by atoms with van der Waals surface area (Å²) in [7, 11) is 1.55. The molecular formula is C8H16F3NO2. The van der Waals surface area contributed by atoms with Gasteiger partial charge < -0.3 is 4.74 Å². The minimum absolute atomic E-state index is 0.316. The number of hydroxylamine groups is 1. The summed E-state index contributed by atoms with van der Waals surface area (Å²) >= 11 is 0. The average molecular weight is 215 g/mol. The standard InChI is InChI=1S/C8H16F3NO2/c1-7(2,13-3)4-5-12-14-6-8(9,10)11/h12H,4-6H2,1-3H3. The van der Waals surface area contributed by atoms with Gasteiger partial charge in [0.15, 0.2) is 6.61 Å². The Balaban J connectivity index is 3.39. The Hall–Kier alpha value is -0.330. The van der Waals surface area contributed by atoms with E-state index in [0.717, 1.165) is 0 Å². The van der Waals surface area contributed by atoms with Crippen molar-refractivity contribution in [3.05, 3.63) is 0 Å². The largest absolute Gasteiger partial charge is 0.413 e. The molecule has 0 radical (unpaired) electrons. The lowest BCUT2D eigenvalue weighted by Crippen LogP contribution is -2.31. The van der Waals surface area contributed by atoms with E-state index in [9.17, 15) is 13.2 Å². The second kappa shape index (κ2) is 5.53. The first-order valence-electron chi connectivity index (χ1n) is 4.23. The molecule has 0 aliphatic rings. The maximum Gasteiger partial charge on any atom is 0.413 e. The van der Waals surface area contributed by atoms with Crippen LogP contribution < -0.4 is 5.48 Å². The van der Waals surface area contributed by atoms with E-state index in [1.165, 1.54) is 0 Å². The van der Waals surface area contributed by atoms with Gasteiger partial charge in [0, 0.05) is 13.7 Å². The van der Waals surface area contributed by atoms with Crippen LogP contribution in [0.3, 0.4) is 0 Å². The van der Waals surface area contributed by atoms with Crippen LogP contribution in [0.2, 0.25) is 0 Å². The highest BCUT2D eigenvalue weighted by Gasteiger charge is 2.27. The second-order valence-electron chi connectivity index (χ2n) is 3.51. The maximum absolute atomic E-state index is 11.6. The molecule has 0 rings (SSSR count). The van der Waals surface area contributed by atoms with Crippen molar-refractivity contribution in [1.82, 2.24) is 5.48 Å². The van der Waals surface area contributed by atoms with Crippen LogP contribution in [-0.4, -0.2) is 32.0 Å². The van der Waals surface area contributed by atoms with Gasteiger partial charge in [0.1, 0.15) is 0 Å². The zero-order valence-electron chi connectivity index (χ0n) is 8.57. The molecule has 0 saturated carbocycles. The molecule has 0 unspecified atom stereocenters. The van der Waals surface area contributed by atoms with Gasteiger partial charge >= 0.3 is 6.18 Å². The van der Waals surface area contributed by atoms with Crippen molar-refractivity contribution in [2.24, 2.45) is 0 Å². The van der Waals surface area contributed by atoms with Gasteiger partial charge in [-0.3, -0.25) is 4.84 Å². The predicted octanol–water partition coefficient (Wildman–Crippen LogP) is 1.88. The van der Waals surface area contributed by atoms with Crippen molar-refractivity contribution in [2.75, 3.05) is 20.3 Å². The third kappa shape index (κ3) is 8.28. The molecule has 0 aromatic heterocycles. The summed E-state index contributed by atoms with van der Waals surface area (Å²) in [4.78, 5) is 4.21. The van der Waals surface area contributed by atoms with E-state index in [-0.39, 0.29) is 5.60 Å². The number of alkyl halides is 3. The van der Waals surface area contributed by atoms with Crippen molar-refractivity contribution in [2.45, 2.75) is 32.0 Å². The predicted molar refractivity (Wildman–Crippen MR) is 45.7 cm³/mol. The summed E-state index contributed by atoms with van der Waals surface area (Å²) in [6.45, 7) is 2.73. The van der Waals surface area contributed by atoms with Gasteiger partial charge in [0.2, 0.25) is 0 Å². The number of ether oxygens (including phenoxy) is 1. The first kappa shape index (κ1) is 13.7. The molecule has 0 amide bonds. The summed E-state index contributed by atoms with van der Waals surface area (Å²) in [5.41, 5.74) is 1.88. The Bertz CT molecular complexity index is 159. The van der Waals surface area contributed by atoms with Crippen LogP contribution in [0, 0.1) is 0 Å². The normalized spacial score (nSPS) is 13.3.